The van der Waals surface area contributed by atoms with Crippen LogP contribution in [-0.2, 0) is 15.9 Å². The number of thiazole rings is 1. The molecule has 1 saturated heterocycles. The van der Waals surface area contributed by atoms with Crippen molar-refractivity contribution >= 4 is 39.9 Å². The number of H-pyrrole nitrogens is 1. The fourth-order valence-electron chi connectivity index (χ4n) is 3.41. The molecule has 1 aliphatic heterocycles. The van der Waals surface area contributed by atoms with Crippen LogP contribution in [0.2, 0.25) is 5.15 Å². The Morgan fingerprint density at radius 3 is 2.84 bits per heavy atom. The number of carbonyl (C=O) groups excluding carboxylic acids is 2. The predicted molar refractivity (Wildman–Crippen MR) is 124 cm³/mol. The lowest BCUT2D eigenvalue weighted by molar-refractivity contribution is 0.00705. The number of carbonyl (C=O) groups is 2. The summed E-state index contributed by atoms with van der Waals surface area (Å²) in [5.41, 5.74) is 0.736. The van der Waals surface area contributed by atoms with Gasteiger partial charge in [0.2, 0.25) is 0 Å². The lowest BCUT2D eigenvalue weighted by Gasteiger charge is -2.38. The van der Waals surface area contributed by atoms with E-state index < -0.39 is 0 Å². The van der Waals surface area contributed by atoms with Gasteiger partial charge >= 0.3 is 5.97 Å². The first-order chi connectivity index (χ1) is 15.3. The summed E-state index contributed by atoms with van der Waals surface area (Å²) in [5, 5.41) is 4.11. The van der Waals surface area contributed by atoms with Crippen LogP contribution in [0.3, 0.4) is 0 Å². The van der Waals surface area contributed by atoms with Crippen LogP contribution < -0.4 is 10.2 Å². The molecular weight excluding hydrogens is 454 g/mol. The first-order valence-corrected chi connectivity index (χ1v) is 12.1. The van der Waals surface area contributed by atoms with Crippen molar-refractivity contribution in [2.24, 2.45) is 5.92 Å². The fraction of sp³-hybridized carbons (Fsp3) is 0.619. The number of imidazole rings is 1. The van der Waals surface area contributed by atoms with Gasteiger partial charge in [0, 0.05) is 19.7 Å². The quantitative estimate of drug-likeness (QED) is 0.526. The van der Waals surface area contributed by atoms with Crippen LogP contribution in [0.5, 0.6) is 0 Å². The zero-order chi connectivity index (χ0) is 23.3. The normalized spacial score (nSPS) is 18.8. The van der Waals surface area contributed by atoms with Gasteiger partial charge in [-0.25, -0.2) is 14.8 Å². The van der Waals surface area contributed by atoms with E-state index in [0.717, 1.165) is 10.8 Å². The van der Waals surface area contributed by atoms with Crippen LogP contribution in [0.4, 0.5) is 5.13 Å². The third-order valence-electron chi connectivity index (χ3n) is 5.06. The molecular formula is C21H30ClN5O4S. The summed E-state index contributed by atoms with van der Waals surface area (Å²) in [6.07, 6.45) is 2.64. The molecule has 176 valence electrons. The van der Waals surface area contributed by atoms with Crippen LogP contribution in [0.1, 0.15) is 60.1 Å². The highest BCUT2D eigenvalue weighted by molar-refractivity contribution is 7.17. The van der Waals surface area contributed by atoms with Crippen molar-refractivity contribution in [1.82, 2.24) is 20.3 Å². The first-order valence-electron chi connectivity index (χ1n) is 10.9. The minimum absolute atomic E-state index is 0.184. The van der Waals surface area contributed by atoms with Crippen LogP contribution in [0.25, 0.3) is 0 Å². The molecule has 3 heterocycles. The summed E-state index contributed by atoms with van der Waals surface area (Å²) in [4.78, 5) is 38.8. The Hall–Kier alpha value is -2.17. The Bertz CT molecular complexity index is 931. The van der Waals surface area contributed by atoms with Crippen molar-refractivity contribution in [3.8, 4) is 0 Å². The highest BCUT2D eigenvalue weighted by Crippen LogP contribution is 2.27. The molecule has 2 N–H and O–H groups in total. The summed E-state index contributed by atoms with van der Waals surface area (Å²) < 4.78 is 11.2. The third-order valence-corrected chi connectivity index (χ3v) is 6.41. The lowest BCUT2D eigenvalue weighted by Crippen LogP contribution is -2.55. The summed E-state index contributed by atoms with van der Waals surface area (Å²) in [7, 11) is 0. The topological polar surface area (TPSA) is 109 Å². The number of nitrogens with zero attached hydrogens (tertiary/aromatic N) is 3. The maximum atomic E-state index is 12.8. The number of ether oxygens (including phenoxy) is 2. The minimum atomic E-state index is -0.366. The molecule has 0 spiro atoms. The van der Waals surface area contributed by atoms with Crippen LogP contribution in [0, 0.1) is 5.92 Å². The smallest absolute Gasteiger partial charge is 0.350 e. The van der Waals surface area contributed by atoms with E-state index in [0.29, 0.717) is 55.1 Å². The number of anilines is 1. The maximum absolute atomic E-state index is 12.8. The maximum Gasteiger partial charge on any atom is 0.350 e. The van der Waals surface area contributed by atoms with Crippen molar-refractivity contribution in [2.45, 2.75) is 52.7 Å². The SMILES string of the molecule is CCOC(=O)c1cnc(N2CCC(NC(=O)c3nc(Cl)c(CC)[nH]3)C(OCC(C)C)C2)s1. The number of rotatable bonds is 9. The first kappa shape index (κ1) is 24.5. The van der Waals surface area contributed by atoms with E-state index in [-0.39, 0.29) is 29.8 Å². The predicted octanol–water partition coefficient (Wildman–Crippen LogP) is 3.31. The van der Waals surface area contributed by atoms with Crippen molar-refractivity contribution in [3.05, 3.63) is 27.7 Å². The number of nitrogens with one attached hydrogen (secondary N) is 2. The van der Waals surface area contributed by atoms with Gasteiger partial charge in [0.15, 0.2) is 16.1 Å². The van der Waals surface area contributed by atoms with Crippen LogP contribution in [-0.4, -0.2) is 65.3 Å². The molecule has 32 heavy (non-hydrogen) atoms. The van der Waals surface area contributed by atoms with E-state index in [4.69, 9.17) is 21.1 Å². The Morgan fingerprint density at radius 2 is 2.19 bits per heavy atom. The van der Waals surface area contributed by atoms with Gasteiger partial charge in [-0.05, 0) is 25.7 Å². The molecule has 2 aromatic heterocycles. The van der Waals surface area contributed by atoms with Gasteiger partial charge in [-0.1, -0.05) is 43.7 Å². The van der Waals surface area contributed by atoms with Crippen molar-refractivity contribution < 1.29 is 19.1 Å². The third kappa shape index (κ3) is 5.99. The molecule has 0 radical (unpaired) electrons. The second-order valence-corrected chi connectivity index (χ2v) is 9.38. The van der Waals surface area contributed by atoms with Gasteiger partial charge in [0.1, 0.15) is 4.88 Å². The summed E-state index contributed by atoms with van der Waals surface area (Å²) in [6.45, 7) is 9.99. The molecule has 0 aromatic carbocycles. The van der Waals surface area contributed by atoms with Gasteiger partial charge in [-0.15, -0.1) is 0 Å². The highest BCUT2D eigenvalue weighted by atomic mass is 35.5. The monoisotopic (exact) mass is 483 g/mol. The fourth-order valence-corrected chi connectivity index (χ4v) is 4.52. The molecule has 0 saturated carbocycles. The van der Waals surface area contributed by atoms with E-state index in [1.807, 2.05) is 6.92 Å². The minimum Gasteiger partial charge on any atom is -0.462 e. The molecule has 2 aromatic rings. The van der Waals surface area contributed by atoms with Crippen LogP contribution >= 0.6 is 22.9 Å². The standard InChI is InChI=1S/C21H30ClN5O4S/c1-5-13-17(22)26-18(24-13)19(28)25-14-7-8-27(10-15(14)31-11-12(3)4)21-23-9-16(32-21)20(29)30-6-2/h9,12,14-15H,5-8,10-11H2,1-4H3,(H,24,26)(H,25,28). The molecule has 11 heteroatoms. The zero-order valence-electron chi connectivity index (χ0n) is 18.8. The van der Waals surface area contributed by atoms with E-state index in [9.17, 15) is 9.59 Å². The van der Waals surface area contributed by atoms with Gasteiger partial charge in [0.05, 0.1) is 30.6 Å². The number of aryl methyl sites for hydroxylation is 1. The van der Waals surface area contributed by atoms with Gasteiger partial charge in [0.25, 0.3) is 5.91 Å². The number of piperidine rings is 1. The molecule has 0 bridgehead atoms. The number of esters is 1. The van der Waals surface area contributed by atoms with Gasteiger partial charge in [-0.3, -0.25) is 4.79 Å². The number of halogens is 1. The zero-order valence-corrected chi connectivity index (χ0v) is 20.4. The molecule has 9 nitrogen and oxygen atoms in total. The van der Waals surface area contributed by atoms with E-state index in [1.165, 1.54) is 11.3 Å². The number of hydrogen-bond acceptors (Lipinski definition) is 8. The van der Waals surface area contributed by atoms with Crippen molar-refractivity contribution in [3.63, 3.8) is 0 Å². The molecule has 0 aliphatic carbocycles. The van der Waals surface area contributed by atoms with Crippen LogP contribution in [0.15, 0.2) is 6.20 Å². The largest absolute Gasteiger partial charge is 0.462 e. The molecule has 2 unspecified atom stereocenters. The average molecular weight is 484 g/mol. The number of amides is 1. The van der Waals surface area contributed by atoms with E-state index >= 15 is 0 Å². The lowest BCUT2D eigenvalue weighted by atomic mass is 10.0. The summed E-state index contributed by atoms with van der Waals surface area (Å²) in [6, 6.07) is -0.184. The number of aromatic amines is 1. The van der Waals surface area contributed by atoms with Crippen molar-refractivity contribution in [1.29, 1.82) is 0 Å². The second kappa shape index (κ2) is 11.1. The van der Waals surface area contributed by atoms with Gasteiger partial charge in [-0.2, -0.15) is 0 Å². The molecule has 1 amide bonds. The molecule has 2 atom stereocenters. The molecule has 3 rings (SSSR count). The van der Waals surface area contributed by atoms with Gasteiger partial charge < -0.3 is 24.7 Å². The number of hydrogen-bond donors (Lipinski definition) is 2. The Morgan fingerprint density at radius 1 is 1.41 bits per heavy atom. The van der Waals surface area contributed by atoms with E-state index in [2.05, 4.69) is 39.0 Å². The summed E-state index contributed by atoms with van der Waals surface area (Å²) >= 11 is 7.38. The number of aromatic nitrogens is 3. The summed E-state index contributed by atoms with van der Waals surface area (Å²) in [5.74, 6) is -0.111. The molecule has 1 fully saturated rings. The molecule has 1 aliphatic rings. The van der Waals surface area contributed by atoms with E-state index in [1.54, 1.807) is 13.1 Å². The Labute approximate surface area is 196 Å². The average Bonchev–Trinajstić information content (AvgIpc) is 3.40. The highest BCUT2D eigenvalue weighted by Gasteiger charge is 2.33. The Balaban J connectivity index is 1.69. The Kier molecular flexibility index (Phi) is 8.50. The van der Waals surface area contributed by atoms with Crippen molar-refractivity contribution in [2.75, 3.05) is 31.2 Å². The second-order valence-electron chi connectivity index (χ2n) is 8.02.